The van der Waals surface area contributed by atoms with Gasteiger partial charge in [-0.2, -0.15) is 0 Å². The van der Waals surface area contributed by atoms with Gasteiger partial charge < -0.3 is 14.9 Å². The normalized spacial score (nSPS) is 24.8. The molecule has 1 atom stereocenters. The van der Waals surface area contributed by atoms with E-state index in [1.165, 1.54) is 4.90 Å². The van der Waals surface area contributed by atoms with Gasteiger partial charge >= 0.3 is 6.09 Å². The predicted octanol–water partition coefficient (Wildman–Crippen LogP) is 1.51. The molecule has 0 unspecified atom stereocenters. The van der Waals surface area contributed by atoms with E-state index in [-0.39, 0.29) is 18.1 Å². The molecular weight excluding hydrogens is 210 g/mol. The van der Waals surface area contributed by atoms with E-state index in [0.29, 0.717) is 13.0 Å². The van der Waals surface area contributed by atoms with E-state index in [1.807, 2.05) is 13.8 Å². The lowest BCUT2D eigenvalue weighted by atomic mass is 9.81. The van der Waals surface area contributed by atoms with Gasteiger partial charge in [0.15, 0.2) is 0 Å². The van der Waals surface area contributed by atoms with Gasteiger partial charge in [-0.3, -0.25) is 4.90 Å². The summed E-state index contributed by atoms with van der Waals surface area (Å²) < 4.78 is 5.52. The van der Waals surface area contributed by atoms with Gasteiger partial charge in [-0.25, -0.2) is 4.79 Å². The molecule has 94 valence electrons. The van der Waals surface area contributed by atoms with Gasteiger partial charge in [0, 0.05) is 6.61 Å². The van der Waals surface area contributed by atoms with Crippen LogP contribution in [0.3, 0.4) is 0 Å². The summed E-state index contributed by atoms with van der Waals surface area (Å²) in [7, 11) is 0. The topological polar surface area (TPSA) is 70.0 Å². The summed E-state index contributed by atoms with van der Waals surface area (Å²) in [6, 6.07) is -0.216. The molecule has 1 aliphatic rings. The van der Waals surface area contributed by atoms with Crippen LogP contribution in [0.2, 0.25) is 0 Å². The molecule has 2 N–H and O–H groups in total. The fourth-order valence-corrected chi connectivity index (χ4v) is 2.20. The third-order valence-electron chi connectivity index (χ3n) is 3.35. The first-order chi connectivity index (χ1) is 7.22. The minimum atomic E-state index is -0.974. The van der Waals surface area contributed by atoms with Crippen molar-refractivity contribution in [1.29, 1.82) is 0 Å². The van der Waals surface area contributed by atoms with E-state index in [9.17, 15) is 9.90 Å². The molecule has 0 aliphatic carbocycles. The van der Waals surface area contributed by atoms with E-state index < -0.39 is 11.8 Å². The summed E-state index contributed by atoms with van der Waals surface area (Å²) in [6.07, 6.45) is -0.417. The number of amides is 1. The molecule has 0 radical (unpaired) electrons. The molecule has 0 aromatic heterocycles. The van der Waals surface area contributed by atoms with Crippen LogP contribution in [0.5, 0.6) is 0 Å². The standard InChI is InChI=1S/C11H21NO4/c1-10(2,5-6-13)8-7-16-11(3,4)12(8)9(14)15/h8,13H,5-7H2,1-4H3,(H,14,15)/t8-/m1/s1. The Morgan fingerprint density at radius 3 is 2.56 bits per heavy atom. The van der Waals surface area contributed by atoms with Gasteiger partial charge in [-0.1, -0.05) is 13.8 Å². The third kappa shape index (κ3) is 2.30. The van der Waals surface area contributed by atoms with Crippen molar-refractivity contribution >= 4 is 6.09 Å². The minimum Gasteiger partial charge on any atom is -0.465 e. The molecule has 0 aromatic rings. The lowest BCUT2D eigenvalue weighted by molar-refractivity contribution is -0.0464. The maximum Gasteiger partial charge on any atom is 0.409 e. The zero-order valence-corrected chi connectivity index (χ0v) is 10.4. The Labute approximate surface area is 96.0 Å². The van der Waals surface area contributed by atoms with Crippen molar-refractivity contribution in [2.24, 2.45) is 5.41 Å². The molecule has 0 spiro atoms. The summed E-state index contributed by atoms with van der Waals surface area (Å²) in [4.78, 5) is 12.6. The highest BCUT2D eigenvalue weighted by Gasteiger charge is 2.49. The Hall–Kier alpha value is -0.810. The first-order valence-corrected chi connectivity index (χ1v) is 5.49. The van der Waals surface area contributed by atoms with Crippen molar-refractivity contribution in [3.8, 4) is 0 Å². The van der Waals surface area contributed by atoms with Gasteiger partial charge in [0.1, 0.15) is 5.72 Å². The average molecular weight is 231 g/mol. The smallest absolute Gasteiger partial charge is 0.409 e. The lowest BCUT2D eigenvalue weighted by Crippen LogP contribution is -2.52. The number of hydrogen-bond acceptors (Lipinski definition) is 3. The van der Waals surface area contributed by atoms with Crippen molar-refractivity contribution in [3.63, 3.8) is 0 Å². The summed E-state index contributed by atoms with van der Waals surface area (Å²) in [5.41, 5.74) is -1.08. The van der Waals surface area contributed by atoms with Crippen LogP contribution in [0.15, 0.2) is 0 Å². The molecular formula is C11H21NO4. The zero-order chi connectivity index (χ0) is 12.6. The largest absolute Gasteiger partial charge is 0.465 e. The SMILES string of the molecule is CC(C)(CCO)[C@H]1COC(C)(C)N1C(=O)O. The summed E-state index contributed by atoms with van der Waals surface area (Å²) in [5.74, 6) is 0. The second-order valence-corrected chi connectivity index (χ2v) is 5.39. The maximum absolute atomic E-state index is 11.3. The zero-order valence-electron chi connectivity index (χ0n) is 10.4. The molecule has 0 saturated carbocycles. The van der Waals surface area contributed by atoms with Crippen molar-refractivity contribution in [3.05, 3.63) is 0 Å². The second-order valence-electron chi connectivity index (χ2n) is 5.39. The molecule has 1 aliphatic heterocycles. The number of nitrogens with zero attached hydrogens (tertiary/aromatic N) is 1. The average Bonchev–Trinajstić information content (AvgIpc) is 2.41. The maximum atomic E-state index is 11.3. The number of carboxylic acid groups (broad SMARTS) is 1. The second kappa shape index (κ2) is 4.22. The van der Waals surface area contributed by atoms with E-state index in [4.69, 9.17) is 9.84 Å². The quantitative estimate of drug-likeness (QED) is 0.772. The van der Waals surface area contributed by atoms with Crippen LogP contribution in [0.25, 0.3) is 0 Å². The Balaban J connectivity index is 2.93. The van der Waals surface area contributed by atoms with Crippen molar-refractivity contribution in [2.45, 2.75) is 45.9 Å². The number of rotatable bonds is 3. The van der Waals surface area contributed by atoms with Gasteiger partial charge in [0.2, 0.25) is 0 Å². The van der Waals surface area contributed by atoms with Gasteiger partial charge in [-0.05, 0) is 25.7 Å². The number of aliphatic hydroxyl groups is 1. The van der Waals surface area contributed by atoms with Crippen LogP contribution < -0.4 is 0 Å². The highest BCUT2D eigenvalue weighted by molar-refractivity contribution is 5.66. The van der Waals surface area contributed by atoms with Gasteiger partial charge in [0.05, 0.1) is 12.6 Å². The molecule has 1 amide bonds. The Kier molecular flexibility index (Phi) is 3.50. The highest BCUT2D eigenvalue weighted by atomic mass is 16.5. The predicted molar refractivity (Wildman–Crippen MR) is 59.2 cm³/mol. The minimum absolute atomic E-state index is 0.0530. The number of ether oxygens (including phenoxy) is 1. The van der Waals surface area contributed by atoms with Gasteiger partial charge in [-0.15, -0.1) is 0 Å². The molecule has 5 nitrogen and oxygen atoms in total. The van der Waals surface area contributed by atoms with Crippen molar-refractivity contribution in [1.82, 2.24) is 4.90 Å². The summed E-state index contributed by atoms with van der Waals surface area (Å²) in [5, 5.41) is 18.2. The molecule has 16 heavy (non-hydrogen) atoms. The van der Waals surface area contributed by atoms with Crippen LogP contribution in [0.1, 0.15) is 34.1 Å². The first kappa shape index (κ1) is 13.3. The molecule has 5 heteroatoms. The molecule has 1 fully saturated rings. The fraction of sp³-hybridized carbons (Fsp3) is 0.909. The van der Waals surface area contributed by atoms with Crippen molar-refractivity contribution in [2.75, 3.05) is 13.2 Å². The van der Waals surface area contributed by atoms with Gasteiger partial charge in [0.25, 0.3) is 0 Å². The monoisotopic (exact) mass is 231 g/mol. The highest BCUT2D eigenvalue weighted by Crippen LogP contribution is 2.38. The molecule has 1 heterocycles. The van der Waals surface area contributed by atoms with Crippen LogP contribution in [0, 0.1) is 5.41 Å². The summed E-state index contributed by atoms with van der Waals surface area (Å²) >= 11 is 0. The lowest BCUT2D eigenvalue weighted by Gasteiger charge is -2.38. The summed E-state index contributed by atoms with van der Waals surface area (Å²) in [6.45, 7) is 7.83. The number of aliphatic hydroxyl groups excluding tert-OH is 1. The van der Waals surface area contributed by atoms with Crippen LogP contribution in [0.4, 0.5) is 4.79 Å². The van der Waals surface area contributed by atoms with E-state index in [2.05, 4.69) is 0 Å². The van der Waals surface area contributed by atoms with E-state index >= 15 is 0 Å². The Morgan fingerprint density at radius 1 is 1.56 bits per heavy atom. The van der Waals surface area contributed by atoms with E-state index in [0.717, 1.165) is 0 Å². The van der Waals surface area contributed by atoms with Crippen LogP contribution >= 0.6 is 0 Å². The Morgan fingerprint density at radius 2 is 2.12 bits per heavy atom. The molecule has 0 bridgehead atoms. The molecule has 0 aromatic carbocycles. The van der Waals surface area contributed by atoms with E-state index in [1.54, 1.807) is 13.8 Å². The first-order valence-electron chi connectivity index (χ1n) is 5.49. The molecule has 1 rings (SSSR count). The third-order valence-corrected chi connectivity index (χ3v) is 3.35. The van der Waals surface area contributed by atoms with Crippen LogP contribution in [-0.4, -0.2) is 46.2 Å². The Bertz CT molecular complexity index is 275. The number of hydrogen-bond donors (Lipinski definition) is 2. The molecule has 1 saturated heterocycles. The van der Waals surface area contributed by atoms with Crippen LogP contribution in [-0.2, 0) is 4.74 Å². The number of carbonyl (C=O) groups is 1. The fourth-order valence-electron chi connectivity index (χ4n) is 2.20. The van der Waals surface area contributed by atoms with Crippen molar-refractivity contribution < 1.29 is 19.7 Å².